The minimum Gasteiger partial charge on any atom is -0.457 e. The van der Waals surface area contributed by atoms with Gasteiger partial charge in [0.25, 0.3) is 0 Å². The molecule has 2 aromatic rings. The Morgan fingerprint density at radius 1 is 1.12 bits per heavy atom. The molecule has 2 amide bonds. The molecule has 0 fully saturated rings. The summed E-state index contributed by atoms with van der Waals surface area (Å²) in [5.74, 6) is 0.764. The molecule has 0 aliphatic carbocycles. The Bertz CT molecular complexity index is 796. The van der Waals surface area contributed by atoms with E-state index in [1.54, 1.807) is 30.3 Å². The van der Waals surface area contributed by atoms with Crippen molar-refractivity contribution in [2.24, 2.45) is 5.73 Å². The number of hydrogen-bond acceptors (Lipinski definition) is 5. The Labute approximate surface area is 150 Å². The van der Waals surface area contributed by atoms with Crippen LogP contribution < -0.4 is 20.7 Å². The summed E-state index contributed by atoms with van der Waals surface area (Å²) in [5.41, 5.74) is 6.20. The highest BCUT2D eigenvalue weighted by atomic mass is 32.1. The number of anilines is 2. The Morgan fingerprint density at radius 2 is 1.80 bits per heavy atom. The first kappa shape index (κ1) is 18.2. The number of thiocarbonyl (C=S) groups is 1. The fourth-order valence-corrected chi connectivity index (χ4v) is 2.26. The number of hydrogen-bond donors (Lipinski definition) is 2. The van der Waals surface area contributed by atoms with Gasteiger partial charge in [0.1, 0.15) is 11.5 Å². The van der Waals surface area contributed by atoms with Gasteiger partial charge in [0, 0.05) is 13.0 Å². The first-order chi connectivity index (χ1) is 11.9. The molecule has 0 heterocycles. The molecule has 0 aromatic heterocycles. The van der Waals surface area contributed by atoms with Crippen LogP contribution in [0.5, 0.6) is 11.5 Å². The van der Waals surface area contributed by atoms with Crippen molar-refractivity contribution in [2.75, 3.05) is 17.3 Å². The van der Waals surface area contributed by atoms with Crippen LogP contribution in [-0.4, -0.2) is 24.2 Å². The lowest BCUT2D eigenvalue weighted by Gasteiger charge is -2.22. The molecule has 0 spiro atoms. The normalized spacial score (nSPS) is 9.84. The summed E-state index contributed by atoms with van der Waals surface area (Å²) >= 11 is 4.91. The van der Waals surface area contributed by atoms with Gasteiger partial charge in [0.2, 0.25) is 5.91 Å². The van der Waals surface area contributed by atoms with Gasteiger partial charge in [-0.15, -0.1) is 0 Å². The van der Waals surface area contributed by atoms with Crippen molar-refractivity contribution in [3.63, 3.8) is 0 Å². The SMILES string of the molecule is COC(=O)N(C(N)=S)c1ccc(Oc2ccccc2)cc1NC(C)=O. The van der Waals surface area contributed by atoms with E-state index in [0.29, 0.717) is 17.2 Å². The van der Waals surface area contributed by atoms with Gasteiger partial charge in [0.05, 0.1) is 18.5 Å². The molecule has 2 aromatic carbocycles. The van der Waals surface area contributed by atoms with E-state index in [-0.39, 0.29) is 16.7 Å². The van der Waals surface area contributed by atoms with E-state index in [0.717, 1.165) is 4.90 Å². The van der Waals surface area contributed by atoms with E-state index in [2.05, 4.69) is 10.1 Å². The molecule has 130 valence electrons. The van der Waals surface area contributed by atoms with Gasteiger partial charge in [-0.1, -0.05) is 18.2 Å². The quantitative estimate of drug-likeness (QED) is 0.814. The number of ether oxygens (including phenoxy) is 2. The predicted octanol–water partition coefficient (Wildman–Crippen LogP) is 3.25. The van der Waals surface area contributed by atoms with Gasteiger partial charge in [-0.3, -0.25) is 4.79 Å². The summed E-state index contributed by atoms with van der Waals surface area (Å²) in [4.78, 5) is 24.5. The number of rotatable bonds is 4. The van der Waals surface area contributed by atoms with Crippen LogP contribution >= 0.6 is 12.2 Å². The van der Waals surface area contributed by atoms with Gasteiger partial charge in [-0.2, -0.15) is 0 Å². The van der Waals surface area contributed by atoms with E-state index in [1.807, 2.05) is 18.2 Å². The summed E-state index contributed by atoms with van der Waals surface area (Å²) in [5, 5.41) is 2.42. The van der Waals surface area contributed by atoms with Crippen molar-refractivity contribution < 1.29 is 19.1 Å². The number of carbonyl (C=O) groups excluding carboxylic acids is 2. The molecular formula is C17H17N3O4S. The maximum Gasteiger partial charge on any atom is 0.420 e. The highest BCUT2D eigenvalue weighted by Gasteiger charge is 2.23. The van der Waals surface area contributed by atoms with Crippen molar-refractivity contribution in [2.45, 2.75) is 6.92 Å². The monoisotopic (exact) mass is 359 g/mol. The molecule has 0 aliphatic heterocycles. The Kier molecular flexibility index (Phi) is 5.91. The molecule has 0 saturated carbocycles. The largest absolute Gasteiger partial charge is 0.457 e. The zero-order valence-corrected chi connectivity index (χ0v) is 14.5. The summed E-state index contributed by atoms with van der Waals surface area (Å²) in [6.07, 6.45) is -0.768. The molecule has 0 atom stereocenters. The Hall–Kier alpha value is -3.13. The molecule has 7 nitrogen and oxygen atoms in total. The second kappa shape index (κ2) is 8.11. The summed E-state index contributed by atoms with van der Waals surface area (Å²) in [7, 11) is 1.21. The number of nitrogens with zero attached hydrogens (tertiary/aromatic N) is 1. The molecule has 8 heteroatoms. The van der Waals surface area contributed by atoms with E-state index in [1.165, 1.54) is 14.0 Å². The average molecular weight is 359 g/mol. The van der Waals surface area contributed by atoms with Gasteiger partial charge >= 0.3 is 6.09 Å². The first-order valence-electron chi connectivity index (χ1n) is 7.24. The molecule has 0 saturated heterocycles. The van der Waals surface area contributed by atoms with Crippen molar-refractivity contribution in [3.05, 3.63) is 48.5 Å². The number of carbonyl (C=O) groups is 2. The number of nitrogens with one attached hydrogen (secondary N) is 1. The lowest BCUT2D eigenvalue weighted by Crippen LogP contribution is -2.41. The van der Waals surface area contributed by atoms with Gasteiger partial charge in [-0.05, 0) is 36.5 Å². The van der Waals surface area contributed by atoms with Crippen molar-refractivity contribution in [1.82, 2.24) is 0 Å². The lowest BCUT2D eigenvalue weighted by atomic mass is 10.2. The molecular weight excluding hydrogens is 342 g/mol. The number of nitrogens with two attached hydrogens (primary N) is 1. The van der Waals surface area contributed by atoms with Crippen LogP contribution in [0.3, 0.4) is 0 Å². The van der Waals surface area contributed by atoms with Crippen LogP contribution in [0.15, 0.2) is 48.5 Å². The number of para-hydroxylation sites is 1. The maximum absolute atomic E-state index is 12.0. The van der Waals surface area contributed by atoms with Crippen molar-refractivity contribution in [1.29, 1.82) is 0 Å². The minimum atomic E-state index is -0.768. The summed E-state index contributed by atoms with van der Waals surface area (Å²) in [6, 6.07) is 13.9. The highest BCUT2D eigenvalue weighted by molar-refractivity contribution is 7.80. The van der Waals surface area contributed by atoms with Crippen molar-refractivity contribution in [3.8, 4) is 11.5 Å². The second-order valence-corrected chi connectivity index (χ2v) is 5.34. The smallest absolute Gasteiger partial charge is 0.420 e. The standard InChI is InChI=1S/C17H17N3O4S/c1-11(21)19-14-10-13(24-12-6-4-3-5-7-12)8-9-15(14)20(16(18)25)17(22)23-2/h3-10H,1-2H3,(H2,18,25)(H,19,21). The van der Waals surface area contributed by atoms with E-state index < -0.39 is 6.09 Å². The molecule has 0 bridgehead atoms. The van der Waals surface area contributed by atoms with Crippen LogP contribution in [0, 0.1) is 0 Å². The number of benzene rings is 2. The van der Waals surface area contributed by atoms with Crippen molar-refractivity contribution >= 4 is 40.7 Å². The van der Waals surface area contributed by atoms with E-state index in [9.17, 15) is 9.59 Å². The third-order valence-corrected chi connectivity index (χ3v) is 3.26. The number of methoxy groups -OCH3 is 1. The highest BCUT2D eigenvalue weighted by Crippen LogP contribution is 2.33. The van der Waals surface area contributed by atoms with Gasteiger partial charge in [0.15, 0.2) is 5.11 Å². The third kappa shape index (κ3) is 4.67. The zero-order chi connectivity index (χ0) is 18.4. The second-order valence-electron chi connectivity index (χ2n) is 4.92. The van der Waals surface area contributed by atoms with Crippen LogP contribution in [0.4, 0.5) is 16.2 Å². The maximum atomic E-state index is 12.0. The van der Waals surface area contributed by atoms with Gasteiger partial charge < -0.3 is 20.5 Å². The van der Waals surface area contributed by atoms with Gasteiger partial charge in [-0.25, -0.2) is 9.69 Å². The topological polar surface area (TPSA) is 93.9 Å². The van der Waals surface area contributed by atoms with Crippen LogP contribution in [-0.2, 0) is 9.53 Å². The summed E-state index contributed by atoms with van der Waals surface area (Å²) < 4.78 is 10.4. The summed E-state index contributed by atoms with van der Waals surface area (Å²) in [6.45, 7) is 1.34. The molecule has 2 rings (SSSR count). The Morgan fingerprint density at radius 3 is 2.36 bits per heavy atom. The first-order valence-corrected chi connectivity index (χ1v) is 7.65. The van der Waals surface area contributed by atoms with Crippen LogP contribution in [0.25, 0.3) is 0 Å². The lowest BCUT2D eigenvalue weighted by molar-refractivity contribution is -0.114. The molecule has 0 aliphatic rings. The predicted molar refractivity (Wildman–Crippen MR) is 98.9 cm³/mol. The minimum absolute atomic E-state index is 0.213. The molecule has 0 unspecified atom stereocenters. The van der Waals surface area contributed by atoms with Crippen LogP contribution in [0.2, 0.25) is 0 Å². The Balaban J connectivity index is 2.44. The fourth-order valence-electron chi connectivity index (χ4n) is 2.09. The third-order valence-electron chi connectivity index (χ3n) is 3.08. The molecule has 3 N–H and O–H groups in total. The number of amides is 2. The zero-order valence-electron chi connectivity index (χ0n) is 13.7. The average Bonchev–Trinajstić information content (AvgIpc) is 2.57. The van der Waals surface area contributed by atoms with E-state index in [4.69, 9.17) is 22.7 Å². The molecule has 25 heavy (non-hydrogen) atoms. The molecule has 0 radical (unpaired) electrons. The van der Waals surface area contributed by atoms with Crippen LogP contribution in [0.1, 0.15) is 6.92 Å². The van der Waals surface area contributed by atoms with E-state index >= 15 is 0 Å². The fraction of sp³-hybridized carbons (Fsp3) is 0.118.